The standard InChI is InChI=1S/C17H36O2S/c1-3-5-6-7-8-9-10-11-12-13-14-20-16-17(15-18)19-4-2/h17-18H,3-16H2,1-2H3. The van der Waals surface area contributed by atoms with E-state index in [2.05, 4.69) is 6.92 Å². The minimum Gasteiger partial charge on any atom is -0.394 e. The predicted molar refractivity (Wildman–Crippen MR) is 91.7 cm³/mol. The second-order valence-corrected chi connectivity index (χ2v) is 6.67. The number of hydrogen-bond acceptors (Lipinski definition) is 3. The molecular formula is C17H36O2S. The third-order valence-corrected chi connectivity index (χ3v) is 4.74. The third-order valence-electron chi connectivity index (χ3n) is 3.55. The third kappa shape index (κ3) is 14.7. The minimum absolute atomic E-state index is 0.0353. The zero-order valence-corrected chi connectivity index (χ0v) is 14.6. The Labute approximate surface area is 131 Å². The van der Waals surface area contributed by atoms with E-state index in [4.69, 9.17) is 9.84 Å². The average molecular weight is 305 g/mol. The molecule has 0 radical (unpaired) electrons. The van der Waals surface area contributed by atoms with E-state index >= 15 is 0 Å². The summed E-state index contributed by atoms with van der Waals surface area (Å²) in [4.78, 5) is 0. The van der Waals surface area contributed by atoms with Gasteiger partial charge in [-0.25, -0.2) is 0 Å². The lowest BCUT2D eigenvalue weighted by Gasteiger charge is -2.13. The molecule has 20 heavy (non-hydrogen) atoms. The summed E-state index contributed by atoms with van der Waals surface area (Å²) in [5.74, 6) is 2.14. The fraction of sp³-hybridized carbons (Fsp3) is 1.00. The molecule has 0 saturated heterocycles. The maximum atomic E-state index is 9.10. The molecule has 0 aromatic carbocycles. The number of aliphatic hydroxyl groups is 1. The highest BCUT2D eigenvalue weighted by Gasteiger charge is 2.05. The fourth-order valence-electron chi connectivity index (χ4n) is 2.30. The van der Waals surface area contributed by atoms with Gasteiger partial charge >= 0.3 is 0 Å². The molecule has 2 nitrogen and oxygen atoms in total. The van der Waals surface area contributed by atoms with Crippen LogP contribution in [0.15, 0.2) is 0 Å². The van der Waals surface area contributed by atoms with E-state index in [9.17, 15) is 0 Å². The van der Waals surface area contributed by atoms with Crippen LogP contribution in [0.5, 0.6) is 0 Å². The molecule has 0 saturated carbocycles. The van der Waals surface area contributed by atoms with Crippen LogP contribution in [0.2, 0.25) is 0 Å². The van der Waals surface area contributed by atoms with Gasteiger partial charge in [0, 0.05) is 12.4 Å². The summed E-state index contributed by atoms with van der Waals surface area (Å²) in [7, 11) is 0. The quantitative estimate of drug-likeness (QED) is 0.405. The van der Waals surface area contributed by atoms with Crippen molar-refractivity contribution in [3.8, 4) is 0 Å². The minimum atomic E-state index is 0.0353. The summed E-state index contributed by atoms with van der Waals surface area (Å²) >= 11 is 1.92. The lowest BCUT2D eigenvalue weighted by Crippen LogP contribution is -2.20. The number of aliphatic hydroxyl groups excluding tert-OH is 1. The van der Waals surface area contributed by atoms with Crippen LogP contribution in [0.4, 0.5) is 0 Å². The van der Waals surface area contributed by atoms with Crippen molar-refractivity contribution < 1.29 is 9.84 Å². The van der Waals surface area contributed by atoms with Crippen molar-refractivity contribution in [1.29, 1.82) is 0 Å². The highest BCUT2D eigenvalue weighted by molar-refractivity contribution is 7.99. The number of unbranched alkanes of at least 4 members (excludes halogenated alkanes) is 9. The van der Waals surface area contributed by atoms with E-state index < -0.39 is 0 Å². The van der Waals surface area contributed by atoms with Crippen LogP contribution >= 0.6 is 11.8 Å². The van der Waals surface area contributed by atoms with Gasteiger partial charge in [-0.05, 0) is 19.1 Å². The van der Waals surface area contributed by atoms with Gasteiger partial charge in [-0.15, -0.1) is 0 Å². The number of rotatable bonds is 16. The van der Waals surface area contributed by atoms with Crippen LogP contribution in [0.3, 0.4) is 0 Å². The second-order valence-electron chi connectivity index (χ2n) is 5.52. The molecule has 0 aromatic heterocycles. The van der Waals surface area contributed by atoms with Gasteiger partial charge in [-0.1, -0.05) is 64.7 Å². The molecule has 1 unspecified atom stereocenters. The number of ether oxygens (including phenoxy) is 1. The smallest absolute Gasteiger partial charge is 0.0895 e. The first kappa shape index (κ1) is 20.3. The molecule has 122 valence electrons. The molecule has 0 aromatic rings. The van der Waals surface area contributed by atoms with Crippen molar-refractivity contribution in [3.05, 3.63) is 0 Å². The van der Waals surface area contributed by atoms with Gasteiger partial charge in [0.2, 0.25) is 0 Å². The molecule has 0 bridgehead atoms. The average Bonchev–Trinajstić information content (AvgIpc) is 2.47. The molecule has 0 aliphatic heterocycles. The zero-order chi connectivity index (χ0) is 14.9. The first-order valence-electron chi connectivity index (χ1n) is 8.65. The van der Waals surface area contributed by atoms with E-state index in [1.165, 1.54) is 70.0 Å². The van der Waals surface area contributed by atoms with E-state index in [0.717, 1.165) is 5.75 Å². The van der Waals surface area contributed by atoms with Crippen LogP contribution in [0, 0.1) is 0 Å². The number of thioether (sulfide) groups is 1. The van der Waals surface area contributed by atoms with Crippen molar-refractivity contribution >= 4 is 11.8 Å². The van der Waals surface area contributed by atoms with Crippen LogP contribution in [-0.4, -0.2) is 35.9 Å². The maximum Gasteiger partial charge on any atom is 0.0895 e. The molecule has 0 rings (SSSR count). The van der Waals surface area contributed by atoms with Crippen molar-refractivity contribution in [1.82, 2.24) is 0 Å². The van der Waals surface area contributed by atoms with E-state index in [-0.39, 0.29) is 12.7 Å². The van der Waals surface area contributed by atoms with Crippen LogP contribution in [0.1, 0.15) is 78.1 Å². The maximum absolute atomic E-state index is 9.10. The fourth-order valence-corrected chi connectivity index (χ4v) is 3.34. The van der Waals surface area contributed by atoms with Crippen molar-refractivity contribution in [2.75, 3.05) is 24.7 Å². The van der Waals surface area contributed by atoms with Crippen LogP contribution in [0.25, 0.3) is 0 Å². The normalized spacial score (nSPS) is 12.8. The molecule has 0 spiro atoms. The Morgan fingerprint density at radius 2 is 1.40 bits per heavy atom. The van der Waals surface area contributed by atoms with Gasteiger partial charge < -0.3 is 9.84 Å². The van der Waals surface area contributed by atoms with Gasteiger partial charge in [0.25, 0.3) is 0 Å². The summed E-state index contributed by atoms with van der Waals surface area (Å²) in [6.45, 7) is 5.10. The van der Waals surface area contributed by atoms with E-state index in [1.54, 1.807) is 0 Å². The van der Waals surface area contributed by atoms with Gasteiger partial charge in [-0.3, -0.25) is 0 Å². The first-order valence-corrected chi connectivity index (χ1v) is 9.80. The molecule has 0 heterocycles. The second kappa shape index (κ2) is 17.3. The van der Waals surface area contributed by atoms with Crippen molar-refractivity contribution in [2.45, 2.75) is 84.2 Å². The van der Waals surface area contributed by atoms with Gasteiger partial charge in [-0.2, -0.15) is 11.8 Å². The Kier molecular flexibility index (Phi) is 17.6. The summed E-state index contributed by atoms with van der Waals surface area (Å²) < 4.78 is 5.42. The Hall–Kier alpha value is 0.270. The van der Waals surface area contributed by atoms with Gasteiger partial charge in [0.15, 0.2) is 0 Å². The lowest BCUT2D eigenvalue weighted by atomic mass is 10.1. The summed E-state index contributed by atoms with van der Waals surface area (Å²) in [5, 5.41) is 9.10. The molecule has 0 fully saturated rings. The van der Waals surface area contributed by atoms with Crippen molar-refractivity contribution in [2.24, 2.45) is 0 Å². The zero-order valence-electron chi connectivity index (χ0n) is 13.7. The Morgan fingerprint density at radius 1 is 0.850 bits per heavy atom. The highest BCUT2D eigenvalue weighted by Crippen LogP contribution is 2.13. The predicted octanol–water partition coefficient (Wildman–Crippen LogP) is 5.04. The van der Waals surface area contributed by atoms with Gasteiger partial charge in [0.05, 0.1) is 12.7 Å². The SMILES string of the molecule is CCCCCCCCCCCCSCC(CO)OCC. The number of hydrogen-bond donors (Lipinski definition) is 1. The largest absolute Gasteiger partial charge is 0.394 e. The van der Waals surface area contributed by atoms with E-state index in [1.807, 2.05) is 18.7 Å². The lowest BCUT2D eigenvalue weighted by molar-refractivity contribution is 0.0356. The molecule has 0 aliphatic rings. The van der Waals surface area contributed by atoms with Crippen LogP contribution in [-0.2, 0) is 4.74 Å². The Balaban J connectivity index is 3.09. The summed E-state index contributed by atoms with van der Waals surface area (Å²) in [6, 6.07) is 0. The molecular weight excluding hydrogens is 268 g/mol. The Morgan fingerprint density at radius 3 is 1.90 bits per heavy atom. The summed E-state index contributed by atoms with van der Waals surface area (Å²) in [6.07, 6.45) is 14.0. The van der Waals surface area contributed by atoms with Crippen LogP contribution < -0.4 is 0 Å². The molecule has 3 heteroatoms. The molecule has 1 N–H and O–H groups in total. The van der Waals surface area contributed by atoms with E-state index in [0.29, 0.717) is 6.61 Å². The molecule has 0 amide bonds. The topological polar surface area (TPSA) is 29.5 Å². The first-order chi connectivity index (χ1) is 9.85. The molecule has 0 aliphatic carbocycles. The summed E-state index contributed by atoms with van der Waals surface area (Å²) in [5.41, 5.74) is 0. The monoisotopic (exact) mass is 304 g/mol. The van der Waals surface area contributed by atoms with Gasteiger partial charge in [0.1, 0.15) is 0 Å². The Bertz CT molecular complexity index is 176. The molecule has 1 atom stereocenters. The van der Waals surface area contributed by atoms with Crippen molar-refractivity contribution in [3.63, 3.8) is 0 Å². The highest BCUT2D eigenvalue weighted by atomic mass is 32.2.